The van der Waals surface area contributed by atoms with Crippen LogP contribution in [0.2, 0.25) is 0 Å². The number of rotatable bonds is 3. The van der Waals surface area contributed by atoms with Gasteiger partial charge in [0.2, 0.25) is 5.91 Å². The smallest absolute Gasteiger partial charge is 0.319 e. The van der Waals surface area contributed by atoms with E-state index in [0.29, 0.717) is 25.9 Å². The third-order valence-corrected chi connectivity index (χ3v) is 3.90. The maximum Gasteiger partial charge on any atom is 0.319 e. The first kappa shape index (κ1) is 15.2. The molecule has 114 valence electrons. The molecule has 0 bridgehead atoms. The fraction of sp³-hybridized carbons (Fsp3) is 0.467. The van der Waals surface area contributed by atoms with Crippen molar-refractivity contribution in [1.82, 2.24) is 9.80 Å². The van der Waals surface area contributed by atoms with E-state index in [1.807, 2.05) is 30.3 Å². The minimum atomic E-state index is -0.787. The number of para-hydroxylation sites is 1. The van der Waals surface area contributed by atoms with E-state index in [9.17, 15) is 9.59 Å². The summed E-state index contributed by atoms with van der Waals surface area (Å²) in [5.74, 6) is -0.372. The number of benzene rings is 1. The average molecular weight is 290 g/mol. The summed E-state index contributed by atoms with van der Waals surface area (Å²) in [5.41, 5.74) is 5.69. The first-order valence-corrected chi connectivity index (χ1v) is 7.04. The van der Waals surface area contributed by atoms with Crippen molar-refractivity contribution in [3.8, 4) is 0 Å². The Bertz CT molecular complexity index is 508. The minimum Gasteiger partial charge on any atom is -0.371 e. The van der Waals surface area contributed by atoms with Crippen LogP contribution in [0.3, 0.4) is 0 Å². The van der Waals surface area contributed by atoms with Gasteiger partial charge in [0.15, 0.2) is 0 Å². The summed E-state index contributed by atoms with van der Waals surface area (Å²) in [6, 6.07) is 9.50. The monoisotopic (exact) mass is 290 g/mol. The van der Waals surface area contributed by atoms with E-state index in [-0.39, 0.29) is 11.9 Å². The van der Waals surface area contributed by atoms with Crippen molar-refractivity contribution in [2.24, 2.45) is 5.73 Å². The molecule has 1 heterocycles. The van der Waals surface area contributed by atoms with Crippen molar-refractivity contribution in [3.05, 3.63) is 30.3 Å². The maximum absolute atomic E-state index is 12.0. The van der Waals surface area contributed by atoms with Crippen LogP contribution >= 0.6 is 0 Å². The maximum atomic E-state index is 12.0. The average Bonchev–Trinajstić information content (AvgIpc) is 2.48. The lowest BCUT2D eigenvalue weighted by Crippen LogP contribution is -2.58. The van der Waals surface area contributed by atoms with Gasteiger partial charge < -0.3 is 20.9 Å². The van der Waals surface area contributed by atoms with Gasteiger partial charge in [-0.1, -0.05) is 18.2 Å². The van der Waals surface area contributed by atoms with Crippen LogP contribution in [-0.4, -0.2) is 54.5 Å². The highest BCUT2D eigenvalue weighted by Gasteiger charge is 2.41. The molecule has 1 aliphatic rings. The number of nitrogens with one attached hydrogen (secondary N) is 1. The van der Waals surface area contributed by atoms with E-state index in [2.05, 4.69) is 5.32 Å². The van der Waals surface area contributed by atoms with Crippen LogP contribution in [0.25, 0.3) is 0 Å². The Morgan fingerprint density at radius 1 is 1.19 bits per heavy atom. The molecule has 1 aromatic rings. The van der Waals surface area contributed by atoms with Gasteiger partial charge in [-0.15, -0.1) is 0 Å². The molecular weight excluding hydrogens is 268 g/mol. The van der Waals surface area contributed by atoms with Crippen molar-refractivity contribution in [1.29, 1.82) is 0 Å². The van der Waals surface area contributed by atoms with Crippen molar-refractivity contribution in [3.63, 3.8) is 0 Å². The van der Waals surface area contributed by atoms with Gasteiger partial charge in [-0.3, -0.25) is 4.79 Å². The minimum absolute atomic E-state index is 0.0345. The lowest BCUT2D eigenvalue weighted by molar-refractivity contribution is -0.123. The first-order chi connectivity index (χ1) is 9.94. The zero-order valence-corrected chi connectivity index (χ0v) is 12.5. The van der Waals surface area contributed by atoms with Gasteiger partial charge in [-0.2, -0.15) is 0 Å². The molecular formula is C15H22N4O2. The summed E-state index contributed by atoms with van der Waals surface area (Å²) < 4.78 is 0. The molecule has 2 rings (SSSR count). The number of anilines is 1. The first-order valence-electron chi connectivity index (χ1n) is 7.04. The molecule has 6 nitrogen and oxygen atoms in total. The number of hydrogen-bond acceptors (Lipinski definition) is 3. The fourth-order valence-corrected chi connectivity index (χ4v) is 2.59. The Kier molecular flexibility index (Phi) is 4.35. The molecule has 1 fully saturated rings. The molecule has 0 unspecified atom stereocenters. The molecule has 1 saturated heterocycles. The van der Waals surface area contributed by atoms with E-state index in [0.717, 1.165) is 5.69 Å². The lowest BCUT2D eigenvalue weighted by Gasteiger charge is -2.41. The molecule has 6 heteroatoms. The summed E-state index contributed by atoms with van der Waals surface area (Å²) in [4.78, 5) is 27.2. The zero-order valence-electron chi connectivity index (χ0n) is 12.5. The normalized spacial score (nSPS) is 17.1. The quantitative estimate of drug-likeness (QED) is 0.875. The number of likely N-dealkylation sites (tertiary alicyclic amines) is 1. The van der Waals surface area contributed by atoms with Crippen molar-refractivity contribution >= 4 is 17.6 Å². The van der Waals surface area contributed by atoms with Gasteiger partial charge in [0.1, 0.15) is 5.54 Å². The number of nitrogens with zero attached hydrogens (tertiary/aromatic N) is 2. The number of amides is 3. The van der Waals surface area contributed by atoms with Crippen LogP contribution in [0, 0.1) is 0 Å². The Labute approximate surface area is 124 Å². The Morgan fingerprint density at radius 2 is 1.76 bits per heavy atom. The highest BCUT2D eigenvalue weighted by Crippen LogP contribution is 2.27. The molecule has 1 aromatic carbocycles. The molecule has 0 aromatic heterocycles. The highest BCUT2D eigenvalue weighted by atomic mass is 16.2. The summed E-state index contributed by atoms with van der Waals surface area (Å²) in [6.07, 6.45) is 1.02. The molecule has 0 saturated carbocycles. The third-order valence-electron chi connectivity index (χ3n) is 3.90. The van der Waals surface area contributed by atoms with Crippen molar-refractivity contribution in [2.45, 2.75) is 18.4 Å². The molecule has 0 aliphatic carbocycles. The van der Waals surface area contributed by atoms with E-state index < -0.39 is 5.54 Å². The number of piperidine rings is 1. The summed E-state index contributed by atoms with van der Waals surface area (Å²) in [5, 5.41) is 3.26. The van der Waals surface area contributed by atoms with E-state index in [1.54, 1.807) is 23.9 Å². The van der Waals surface area contributed by atoms with Crippen LogP contribution < -0.4 is 11.1 Å². The number of carbonyl (C=O) groups is 2. The molecule has 3 amide bonds. The van der Waals surface area contributed by atoms with Crippen LogP contribution in [0.1, 0.15) is 12.8 Å². The molecule has 21 heavy (non-hydrogen) atoms. The van der Waals surface area contributed by atoms with Crippen LogP contribution in [0.15, 0.2) is 30.3 Å². The second kappa shape index (κ2) is 6.03. The van der Waals surface area contributed by atoms with Gasteiger partial charge in [0, 0.05) is 32.9 Å². The summed E-state index contributed by atoms with van der Waals surface area (Å²) in [7, 11) is 3.45. The Balaban J connectivity index is 2.09. The number of nitrogens with two attached hydrogens (primary N) is 1. The largest absolute Gasteiger partial charge is 0.371 e. The van der Waals surface area contributed by atoms with E-state index in [1.165, 1.54) is 0 Å². The van der Waals surface area contributed by atoms with Crippen LogP contribution in [0.5, 0.6) is 0 Å². The second-order valence-electron chi connectivity index (χ2n) is 5.60. The van der Waals surface area contributed by atoms with Crippen LogP contribution in [0.4, 0.5) is 10.5 Å². The predicted octanol–water partition coefficient (Wildman–Crippen LogP) is 1.10. The summed E-state index contributed by atoms with van der Waals surface area (Å²) in [6.45, 7) is 1.03. The van der Waals surface area contributed by atoms with Crippen molar-refractivity contribution in [2.75, 3.05) is 32.5 Å². The molecule has 1 aliphatic heterocycles. The standard InChI is InChI=1S/C15H22N4O2/c1-18(2)14(21)19-10-8-15(9-11-19,13(16)20)17-12-6-4-3-5-7-12/h3-7,17H,8-11H2,1-2H3,(H2,16,20). The molecule has 3 N–H and O–H groups in total. The summed E-state index contributed by atoms with van der Waals surface area (Å²) >= 11 is 0. The van der Waals surface area contributed by atoms with Gasteiger partial charge >= 0.3 is 6.03 Å². The number of carbonyl (C=O) groups excluding carboxylic acids is 2. The van der Waals surface area contributed by atoms with Gasteiger partial charge in [-0.05, 0) is 25.0 Å². The van der Waals surface area contributed by atoms with Gasteiger partial charge in [0.05, 0.1) is 0 Å². The predicted molar refractivity (Wildman–Crippen MR) is 81.9 cm³/mol. The number of urea groups is 1. The fourth-order valence-electron chi connectivity index (χ4n) is 2.59. The number of hydrogen-bond donors (Lipinski definition) is 2. The zero-order chi connectivity index (χ0) is 15.5. The Morgan fingerprint density at radius 3 is 2.24 bits per heavy atom. The SMILES string of the molecule is CN(C)C(=O)N1CCC(Nc2ccccc2)(C(N)=O)CC1. The van der Waals surface area contributed by atoms with Gasteiger partial charge in [0.25, 0.3) is 0 Å². The third kappa shape index (κ3) is 3.26. The molecule has 0 spiro atoms. The highest BCUT2D eigenvalue weighted by molar-refractivity contribution is 5.88. The van der Waals surface area contributed by atoms with Crippen LogP contribution in [-0.2, 0) is 4.79 Å². The lowest BCUT2D eigenvalue weighted by atomic mass is 9.86. The van der Waals surface area contributed by atoms with E-state index in [4.69, 9.17) is 5.73 Å². The Hall–Kier alpha value is -2.24. The van der Waals surface area contributed by atoms with Crippen molar-refractivity contribution < 1.29 is 9.59 Å². The topological polar surface area (TPSA) is 78.7 Å². The second-order valence-corrected chi connectivity index (χ2v) is 5.60. The molecule has 0 radical (unpaired) electrons. The number of primary amides is 1. The molecule has 0 atom stereocenters. The van der Waals surface area contributed by atoms with E-state index >= 15 is 0 Å². The van der Waals surface area contributed by atoms with Gasteiger partial charge in [-0.25, -0.2) is 4.79 Å².